The van der Waals surface area contributed by atoms with Crippen LogP contribution in [0.15, 0.2) is 29.3 Å². The fraction of sp³-hybridized carbons (Fsp3) is 0.571. The molecule has 0 spiro atoms. The number of benzene rings is 1. The molecule has 160 valence electrons. The van der Waals surface area contributed by atoms with Gasteiger partial charge < -0.3 is 25.6 Å². The van der Waals surface area contributed by atoms with Gasteiger partial charge in [0.05, 0.1) is 12.6 Å². The predicted octanol–water partition coefficient (Wildman–Crippen LogP) is 2.11. The number of nitrogens with zero attached hydrogens (tertiary/aromatic N) is 2. The molecule has 0 atom stereocenters. The Labute approximate surface area is 173 Å². The van der Waals surface area contributed by atoms with Crippen molar-refractivity contribution < 1.29 is 14.3 Å². The maximum Gasteiger partial charge on any atom is 0.410 e. The summed E-state index contributed by atoms with van der Waals surface area (Å²) in [7, 11) is 0. The van der Waals surface area contributed by atoms with E-state index < -0.39 is 5.60 Å². The number of guanidine groups is 1. The third-order valence-electron chi connectivity index (χ3n) is 4.19. The highest BCUT2D eigenvalue weighted by Crippen LogP contribution is 2.15. The Balaban J connectivity index is 1.86. The van der Waals surface area contributed by atoms with Crippen molar-refractivity contribution in [2.75, 3.05) is 26.2 Å². The van der Waals surface area contributed by atoms with Crippen LogP contribution in [0.25, 0.3) is 0 Å². The summed E-state index contributed by atoms with van der Waals surface area (Å²) in [5, 5.41) is 9.35. The number of nitrogens with one attached hydrogen (secondary N) is 3. The smallest absolute Gasteiger partial charge is 0.410 e. The molecule has 2 amide bonds. The van der Waals surface area contributed by atoms with Crippen LogP contribution in [0.4, 0.5) is 4.79 Å². The second-order valence-corrected chi connectivity index (χ2v) is 7.98. The Hall–Kier alpha value is -2.77. The van der Waals surface area contributed by atoms with Crippen molar-refractivity contribution in [1.82, 2.24) is 20.9 Å². The first-order valence-corrected chi connectivity index (χ1v) is 10.1. The van der Waals surface area contributed by atoms with Gasteiger partial charge in [-0.1, -0.05) is 12.1 Å². The number of likely N-dealkylation sites (tertiary alicyclic amines) is 1. The van der Waals surface area contributed by atoms with Crippen LogP contribution < -0.4 is 16.0 Å². The summed E-state index contributed by atoms with van der Waals surface area (Å²) in [6.45, 7) is 12.5. The average molecular weight is 404 g/mol. The van der Waals surface area contributed by atoms with E-state index >= 15 is 0 Å². The standard InChI is InChI=1S/C21H33N5O3/c1-6-22-18(27)16-10-8-15(9-11-16)12-24-19(23-7-2)25-17-13-26(14-17)20(28)29-21(3,4)5/h8-11,17H,6-7,12-14H2,1-5H3,(H,22,27)(H2,23,24,25). The Morgan fingerprint density at radius 3 is 2.28 bits per heavy atom. The zero-order valence-corrected chi connectivity index (χ0v) is 18.0. The molecule has 8 heteroatoms. The van der Waals surface area contributed by atoms with Crippen molar-refractivity contribution >= 4 is 18.0 Å². The van der Waals surface area contributed by atoms with Gasteiger partial charge in [0.15, 0.2) is 5.96 Å². The van der Waals surface area contributed by atoms with Crippen molar-refractivity contribution in [3.63, 3.8) is 0 Å². The quantitative estimate of drug-likeness (QED) is 0.500. The van der Waals surface area contributed by atoms with Gasteiger partial charge in [0, 0.05) is 31.7 Å². The minimum atomic E-state index is -0.487. The molecule has 3 N–H and O–H groups in total. The number of rotatable bonds is 6. The summed E-state index contributed by atoms with van der Waals surface area (Å²) in [4.78, 5) is 30.1. The lowest BCUT2D eigenvalue weighted by Crippen LogP contribution is -2.63. The number of aliphatic imine (C=N–C) groups is 1. The van der Waals surface area contributed by atoms with Gasteiger partial charge in [-0.2, -0.15) is 0 Å². The number of hydrogen-bond acceptors (Lipinski definition) is 4. The SMILES string of the molecule is CCNC(=O)c1ccc(CN=C(NCC)NC2CN(C(=O)OC(C)(C)C)C2)cc1. The lowest BCUT2D eigenvalue weighted by atomic mass is 10.1. The summed E-state index contributed by atoms with van der Waals surface area (Å²) in [5.74, 6) is 0.631. The molecular formula is C21H33N5O3. The molecular weight excluding hydrogens is 370 g/mol. The number of carbonyl (C=O) groups is 2. The van der Waals surface area contributed by atoms with Crippen molar-refractivity contribution in [1.29, 1.82) is 0 Å². The van der Waals surface area contributed by atoms with Gasteiger partial charge in [-0.3, -0.25) is 4.79 Å². The van der Waals surface area contributed by atoms with Crippen LogP contribution in [0.1, 0.15) is 50.5 Å². The molecule has 0 unspecified atom stereocenters. The van der Waals surface area contributed by atoms with E-state index in [1.54, 1.807) is 17.0 Å². The molecule has 1 saturated heterocycles. The van der Waals surface area contributed by atoms with E-state index in [-0.39, 0.29) is 18.0 Å². The molecule has 1 aliphatic rings. The van der Waals surface area contributed by atoms with E-state index in [1.807, 2.05) is 46.8 Å². The summed E-state index contributed by atoms with van der Waals surface area (Å²) in [6, 6.07) is 7.57. The highest BCUT2D eigenvalue weighted by atomic mass is 16.6. The van der Waals surface area contributed by atoms with Crippen LogP contribution in [0.2, 0.25) is 0 Å². The normalized spacial score (nSPS) is 14.8. The lowest BCUT2D eigenvalue weighted by molar-refractivity contribution is 0.00700. The first kappa shape index (κ1) is 22.5. The van der Waals surface area contributed by atoms with Gasteiger partial charge in [-0.15, -0.1) is 0 Å². The summed E-state index contributed by atoms with van der Waals surface area (Å²) >= 11 is 0. The molecule has 29 heavy (non-hydrogen) atoms. The van der Waals surface area contributed by atoms with Gasteiger partial charge in [0.1, 0.15) is 5.60 Å². The van der Waals surface area contributed by atoms with Gasteiger partial charge >= 0.3 is 6.09 Å². The van der Waals surface area contributed by atoms with Crippen LogP contribution in [0.5, 0.6) is 0 Å². The van der Waals surface area contributed by atoms with Crippen molar-refractivity contribution in [3.8, 4) is 0 Å². The summed E-state index contributed by atoms with van der Waals surface area (Å²) < 4.78 is 5.37. The Morgan fingerprint density at radius 1 is 1.10 bits per heavy atom. The first-order chi connectivity index (χ1) is 13.7. The molecule has 1 aliphatic heterocycles. The van der Waals surface area contributed by atoms with Crippen LogP contribution in [0.3, 0.4) is 0 Å². The summed E-state index contributed by atoms with van der Waals surface area (Å²) in [6.07, 6.45) is -0.287. The molecule has 0 aliphatic carbocycles. The molecule has 1 heterocycles. The van der Waals surface area contributed by atoms with Crippen molar-refractivity contribution in [3.05, 3.63) is 35.4 Å². The highest BCUT2D eigenvalue weighted by Gasteiger charge is 2.34. The van der Waals surface area contributed by atoms with E-state index in [4.69, 9.17) is 4.74 Å². The van der Waals surface area contributed by atoms with Gasteiger partial charge in [0.25, 0.3) is 5.91 Å². The molecule has 1 fully saturated rings. The molecule has 0 bridgehead atoms. The Bertz CT molecular complexity index is 719. The Kier molecular flexibility index (Phi) is 7.87. The van der Waals surface area contributed by atoms with E-state index in [0.29, 0.717) is 37.7 Å². The van der Waals surface area contributed by atoms with Crippen LogP contribution in [-0.4, -0.2) is 60.7 Å². The van der Waals surface area contributed by atoms with Crippen LogP contribution in [0, 0.1) is 0 Å². The fourth-order valence-electron chi connectivity index (χ4n) is 2.75. The third-order valence-corrected chi connectivity index (χ3v) is 4.19. The topological polar surface area (TPSA) is 95.1 Å². The first-order valence-electron chi connectivity index (χ1n) is 10.1. The van der Waals surface area contributed by atoms with Crippen molar-refractivity contribution in [2.24, 2.45) is 4.99 Å². The van der Waals surface area contributed by atoms with Gasteiger partial charge in [0.2, 0.25) is 0 Å². The van der Waals surface area contributed by atoms with Gasteiger partial charge in [-0.25, -0.2) is 9.79 Å². The van der Waals surface area contributed by atoms with E-state index in [0.717, 1.165) is 12.1 Å². The van der Waals surface area contributed by atoms with Crippen LogP contribution >= 0.6 is 0 Å². The molecule has 1 aromatic carbocycles. The molecule has 0 radical (unpaired) electrons. The maximum atomic E-state index is 12.0. The molecule has 8 nitrogen and oxygen atoms in total. The largest absolute Gasteiger partial charge is 0.444 e. The monoisotopic (exact) mass is 403 g/mol. The molecule has 0 saturated carbocycles. The fourth-order valence-corrected chi connectivity index (χ4v) is 2.75. The minimum Gasteiger partial charge on any atom is -0.444 e. The van der Waals surface area contributed by atoms with Crippen LogP contribution in [-0.2, 0) is 11.3 Å². The minimum absolute atomic E-state index is 0.0721. The number of hydrogen-bond donors (Lipinski definition) is 3. The number of amides is 2. The lowest BCUT2D eigenvalue weighted by Gasteiger charge is -2.40. The Morgan fingerprint density at radius 2 is 1.72 bits per heavy atom. The highest BCUT2D eigenvalue weighted by molar-refractivity contribution is 5.94. The molecule has 1 aromatic rings. The number of ether oxygens (including phenoxy) is 1. The van der Waals surface area contributed by atoms with Gasteiger partial charge in [-0.05, 0) is 52.3 Å². The maximum absolute atomic E-state index is 12.0. The molecule has 0 aromatic heterocycles. The molecule has 2 rings (SSSR count). The zero-order chi connectivity index (χ0) is 21.4. The van der Waals surface area contributed by atoms with E-state index in [2.05, 4.69) is 20.9 Å². The third kappa shape index (κ3) is 7.29. The predicted molar refractivity (Wildman–Crippen MR) is 114 cm³/mol. The van der Waals surface area contributed by atoms with E-state index in [9.17, 15) is 9.59 Å². The zero-order valence-electron chi connectivity index (χ0n) is 18.0. The van der Waals surface area contributed by atoms with E-state index in [1.165, 1.54) is 0 Å². The number of carbonyl (C=O) groups excluding carboxylic acids is 2. The average Bonchev–Trinajstić information content (AvgIpc) is 2.61. The second-order valence-electron chi connectivity index (χ2n) is 7.98. The second kappa shape index (κ2) is 10.1. The van der Waals surface area contributed by atoms with Crippen molar-refractivity contribution in [2.45, 2.75) is 52.8 Å². The summed E-state index contributed by atoms with van der Waals surface area (Å²) in [5.41, 5.74) is 1.17.